The number of halogens is 1. The lowest BCUT2D eigenvalue weighted by atomic mass is 10.8. The average Bonchev–Trinajstić information content (AvgIpc) is 1.59. The summed E-state index contributed by atoms with van der Waals surface area (Å²) in [5.41, 5.74) is 0. The van der Waals surface area contributed by atoms with Crippen LogP contribution in [0.25, 0.3) is 0 Å². The van der Waals surface area contributed by atoms with E-state index in [1.165, 1.54) is 0 Å². The molecule has 0 aromatic heterocycles. The third kappa shape index (κ3) is 6.02. The first kappa shape index (κ1) is 9.89. The van der Waals surface area contributed by atoms with Gasteiger partial charge in [-0.25, -0.2) is 4.62 Å². The van der Waals surface area contributed by atoms with E-state index in [0.717, 1.165) is 6.66 Å². The molecule has 7 heteroatoms. The number of hydrogen-bond donors (Lipinski definition) is 1. The molecule has 0 heterocycles. The van der Waals surface area contributed by atoms with Crippen molar-refractivity contribution in [3.05, 3.63) is 0 Å². The van der Waals surface area contributed by atoms with Gasteiger partial charge in [-0.15, -0.1) is 0 Å². The summed E-state index contributed by atoms with van der Waals surface area (Å²) in [7, 11) is -3.61. The number of hydrogen-bond acceptors (Lipinski definition) is 4. The van der Waals surface area contributed by atoms with Gasteiger partial charge in [0.1, 0.15) is 6.54 Å². The summed E-state index contributed by atoms with van der Waals surface area (Å²) < 4.78 is 15.0. The number of nitriles is 1. The number of nitrogens with zero attached hydrogens (tertiary/aromatic N) is 2. The molecular weight excluding hydrogens is 178 g/mol. The van der Waals surface area contributed by atoms with Crippen LogP contribution in [0.5, 0.6) is 0 Å². The van der Waals surface area contributed by atoms with E-state index in [1.807, 2.05) is 0 Å². The second-order valence-electron chi connectivity index (χ2n) is 1.52. The molecule has 0 spiro atoms. The molecule has 0 aliphatic carbocycles. The maximum absolute atomic E-state index is 10.4. The van der Waals surface area contributed by atoms with E-state index in [2.05, 4.69) is 4.62 Å². The first-order valence-corrected chi connectivity index (χ1v) is 4.62. The molecular formula is C3H6ClN2O3P. The minimum atomic E-state index is -3.61. The standard InChI is InChI=1S/C3H6ClN2O3P/c1-10(7,8)9-6(4)3-2-5/h3H2,1H3,(H,7,8). The van der Waals surface area contributed by atoms with Crippen molar-refractivity contribution in [1.29, 1.82) is 5.26 Å². The molecule has 0 aliphatic rings. The highest BCUT2D eigenvalue weighted by Crippen LogP contribution is 2.38. The zero-order valence-electron chi connectivity index (χ0n) is 5.19. The largest absolute Gasteiger partial charge is 0.342 e. The van der Waals surface area contributed by atoms with Gasteiger partial charge in [0.25, 0.3) is 0 Å². The lowest BCUT2D eigenvalue weighted by Gasteiger charge is -2.10. The van der Waals surface area contributed by atoms with Crippen molar-refractivity contribution in [2.45, 2.75) is 0 Å². The van der Waals surface area contributed by atoms with E-state index < -0.39 is 7.60 Å². The van der Waals surface area contributed by atoms with Gasteiger partial charge in [0, 0.05) is 18.4 Å². The van der Waals surface area contributed by atoms with Gasteiger partial charge in [-0.1, -0.05) is 4.58 Å². The summed E-state index contributed by atoms with van der Waals surface area (Å²) >= 11 is 5.12. The zero-order valence-corrected chi connectivity index (χ0v) is 6.84. The quantitative estimate of drug-likeness (QED) is 0.303. The normalized spacial score (nSPS) is 16.3. The van der Waals surface area contributed by atoms with Crippen molar-refractivity contribution in [3.8, 4) is 6.07 Å². The molecule has 1 atom stereocenters. The Bertz CT molecular complexity index is 185. The fraction of sp³-hybridized carbons (Fsp3) is 0.667. The summed E-state index contributed by atoms with van der Waals surface area (Å²) in [6.45, 7) is 0.708. The predicted molar refractivity (Wildman–Crippen MR) is 35.0 cm³/mol. The van der Waals surface area contributed by atoms with Gasteiger partial charge in [0.15, 0.2) is 0 Å². The molecule has 10 heavy (non-hydrogen) atoms. The molecule has 0 aliphatic heterocycles. The Morgan fingerprint density at radius 2 is 2.50 bits per heavy atom. The van der Waals surface area contributed by atoms with Gasteiger partial charge in [-0.05, 0) is 0 Å². The van der Waals surface area contributed by atoms with Crippen molar-refractivity contribution in [3.63, 3.8) is 0 Å². The maximum Gasteiger partial charge on any atom is 0.342 e. The minimum Gasteiger partial charge on any atom is -0.323 e. The monoisotopic (exact) mass is 184 g/mol. The van der Waals surface area contributed by atoms with E-state index in [-0.39, 0.29) is 6.54 Å². The van der Waals surface area contributed by atoms with Crippen molar-refractivity contribution in [2.75, 3.05) is 13.2 Å². The first-order chi connectivity index (χ1) is 4.45. The van der Waals surface area contributed by atoms with Crippen molar-refractivity contribution in [1.82, 2.24) is 4.58 Å². The molecule has 58 valence electrons. The van der Waals surface area contributed by atoms with Crippen LogP contribution in [-0.2, 0) is 9.19 Å². The molecule has 1 N–H and O–H groups in total. The van der Waals surface area contributed by atoms with E-state index >= 15 is 0 Å². The molecule has 1 unspecified atom stereocenters. The van der Waals surface area contributed by atoms with Gasteiger partial charge in [-0.2, -0.15) is 5.26 Å². The Hall–Kier alpha value is -0.110. The van der Waals surface area contributed by atoms with Crippen LogP contribution in [0.3, 0.4) is 0 Å². The fourth-order valence-corrected chi connectivity index (χ4v) is 1.03. The molecule has 0 fully saturated rings. The van der Waals surface area contributed by atoms with E-state index in [1.54, 1.807) is 6.07 Å². The summed E-state index contributed by atoms with van der Waals surface area (Å²) in [5.74, 6) is 0. The Balaban J connectivity index is 3.71. The van der Waals surface area contributed by atoms with Crippen LogP contribution in [0.4, 0.5) is 0 Å². The number of hydroxylamine groups is 1. The Kier molecular flexibility index (Phi) is 3.87. The molecule has 5 nitrogen and oxygen atoms in total. The molecule has 0 aromatic rings. The Morgan fingerprint density at radius 1 is 2.00 bits per heavy atom. The van der Waals surface area contributed by atoms with Gasteiger partial charge in [0.2, 0.25) is 0 Å². The Labute approximate surface area is 63.4 Å². The SMILES string of the molecule is CP(=O)(O)ON(Cl)CC#N. The van der Waals surface area contributed by atoms with Gasteiger partial charge >= 0.3 is 7.60 Å². The Morgan fingerprint density at radius 3 is 2.80 bits per heavy atom. The summed E-state index contributed by atoms with van der Waals surface area (Å²) in [6, 6.07) is 1.63. The molecule has 0 amide bonds. The van der Waals surface area contributed by atoms with Gasteiger partial charge in [0.05, 0.1) is 6.07 Å². The molecule has 0 saturated carbocycles. The number of rotatable bonds is 3. The van der Waals surface area contributed by atoms with E-state index in [0.29, 0.717) is 4.58 Å². The highest BCUT2D eigenvalue weighted by molar-refractivity contribution is 7.51. The van der Waals surface area contributed by atoms with Crippen LogP contribution in [0, 0.1) is 11.3 Å². The van der Waals surface area contributed by atoms with E-state index in [4.69, 9.17) is 21.9 Å². The molecule has 0 saturated heterocycles. The maximum atomic E-state index is 10.4. The predicted octanol–water partition coefficient (Wildman–Crippen LogP) is 0.713. The topological polar surface area (TPSA) is 73.6 Å². The zero-order chi connectivity index (χ0) is 8.20. The van der Waals surface area contributed by atoms with Crippen LogP contribution in [0.15, 0.2) is 0 Å². The highest BCUT2D eigenvalue weighted by Gasteiger charge is 2.15. The van der Waals surface area contributed by atoms with Crippen LogP contribution >= 0.6 is 19.4 Å². The lowest BCUT2D eigenvalue weighted by Crippen LogP contribution is -2.10. The fourth-order valence-electron chi connectivity index (χ4n) is 0.249. The second-order valence-corrected chi connectivity index (χ2v) is 3.66. The molecule has 0 bridgehead atoms. The van der Waals surface area contributed by atoms with Crippen LogP contribution < -0.4 is 0 Å². The minimum absolute atomic E-state index is 0.264. The summed E-state index contributed by atoms with van der Waals surface area (Å²) in [4.78, 5) is 8.51. The molecule has 0 radical (unpaired) electrons. The van der Waals surface area contributed by atoms with Crippen LogP contribution in [-0.4, -0.2) is 22.7 Å². The molecule has 0 rings (SSSR count). The van der Waals surface area contributed by atoms with Crippen LogP contribution in [0.2, 0.25) is 0 Å². The second kappa shape index (κ2) is 3.91. The van der Waals surface area contributed by atoms with Gasteiger partial charge in [-0.3, -0.25) is 4.57 Å². The first-order valence-electron chi connectivity index (χ1n) is 2.26. The van der Waals surface area contributed by atoms with E-state index in [9.17, 15) is 4.57 Å². The third-order valence-electron chi connectivity index (χ3n) is 0.435. The van der Waals surface area contributed by atoms with Crippen molar-refractivity contribution in [2.24, 2.45) is 0 Å². The summed E-state index contributed by atoms with van der Waals surface area (Å²) in [5, 5.41) is 8.01. The smallest absolute Gasteiger partial charge is 0.323 e. The lowest BCUT2D eigenvalue weighted by molar-refractivity contribution is 0.0407. The average molecular weight is 185 g/mol. The van der Waals surface area contributed by atoms with Crippen molar-refractivity contribution < 1.29 is 14.1 Å². The third-order valence-corrected chi connectivity index (χ3v) is 1.22. The summed E-state index contributed by atoms with van der Waals surface area (Å²) in [6.07, 6.45) is 0. The highest BCUT2D eigenvalue weighted by atomic mass is 35.5. The van der Waals surface area contributed by atoms with Crippen molar-refractivity contribution >= 4 is 19.4 Å². The van der Waals surface area contributed by atoms with Gasteiger partial charge < -0.3 is 4.89 Å². The molecule has 0 aromatic carbocycles. The van der Waals surface area contributed by atoms with Crippen LogP contribution in [0.1, 0.15) is 0 Å².